The first-order valence-corrected chi connectivity index (χ1v) is 8.86. The quantitative estimate of drug-likeness (QED) is 0.840. The molecule has 1 aliphatic heterocycles. The number of hydrogen-bond donors (Lipinski definition) is 2. The molecule has 26 heavy (non-hydrogen) atoms. The Morgan fingerprint density at radius 2 is 1.88 bits per heavy atom. The number of carboxylic acid groups (broad SMARTS) is 1. The van der Waals surface area contributed by atoms with Crippen molar-refractivity contribution in [2.75, 3.05) is 18.4 Å². The number of amides is 1. The van der Waals surface area contributed by atoms with Crippen LogP contribution in [0.1, 0.15) is 28.8 Å². The number of hydrogen-bond acceptors (Lipinski definition) is 4. The lowest BCUT2D eigenvalue weighted by molar-refractivity contribution is -0.143. The van der Waals surface area contributed by atoms with E-state index in [0.717, 1.165) is 18.7 Å². The minimum Gasteiger partial charge on any atom is -0.481 e. The standard InChI is InChI=1S/C19H20ClN3O3/c20-16-3-1-14(2-4-16)18(24)22-17-11-13(5-8-21-17)12-23-9-6-15(7-10-23)19(25)26/h1-5,8,11,15H,6-7,9-10,12H2,(H,25,26)(H,21,22,24). The molecule has 0 atom stereocenters. The number of nitrogens with one attached hydrogen (secondary N) is 1. The molecule has 1 amide bonds. The van der Waals surface area contributed by atoms with Crippen molar-refractivity contribution in [3.63, 3.8) is 0 Å². The second-order valence-corrected chi connectivity index (χ2v) is 6.84. The van der Waals surface area contributed by atoms with E-state index in [0.29, 0.717) is 35.8 Å². The topological polar surface area (TPSA) is 82.5 Å². The summed E-state index contributed by atoms with van der Waals surface area (Å²) in [4.78, 5) is 29.7. The zero-order valence-electron chi connectivity index (χ0n) is 14.2. The number of halogens is 1. The van der Waals surface area contributed by atoms with Crippen LogP contribution in [0.25, 0.3) is 0 Å². The Hall–Kier alpha value is -2.44. The second-order valence-electron chi connectivity index (χ2n) is 6.40. The highest BCUT2D eigenvalue weighted by Gasteiger charge is 2.24. The number of carbonyl (C=O) groups is 2. The van der Waals surface area contributed by atoms with E-state index in [4.69, 9.17) is 16.7 Å². The predicted octanol–water partition coefficient (Wildman–Crippen LogP) is 3.28. The lowest BCUT2D eigenvalue weighted by atomic mass is 9.97. The van der Waals surface area contributed by atoms with Gasteiger partial charge in [0.25, 0.3) is 5.91 Å². The van der Waals surface area contributed by atoms with Gasteiger partial charge >= 0.3 is 5.97 Å². The lowest BCUT2D eigenvalue weighted by Gasteiger charge is -2.30. The van der Waals surface area contributed by atoms with Crippen molar-refractivity contribution in [3.8, 4) is 0 Å². The Labute approximate surface area is 156 Å². The highest BCUT2D eigenvalue weighted by molar-refractivity contribution is 6.30. The largest absolute Gasteiger partial charge is 0.481 e. The van der Waals surface area contributed by atoms with Crippen molar-refractivity contribution in [1.29, 1.82) is 0 Å². The number of carbonyl (C=O) groups excluding carboxylic acids is 1. The number of benzene rings is 1. The Bertz CT molecular complexity index is 787. The molecular weight excluding hydrogens is 354 g/mol. The number of rotatable bonds is 5. The van der Waals surface area contributed by atoms with Crippen molar-refractivity contribution < 1.29 is 14.7 Å². The van der Waals surface area contributed by atoms with Crippen LogP contribution in [-0.2, 0) is 11.3 Å². The van der Waals surface area contributed by atoms with Crippen LogP contribution in [0, 0.1) is 5.92 Å². The van der Waals surface area contributed by atoms with Crippen molar-refractivity contribution in [1.82, 2.24) is 9.88 Å². The zero-order chi connectivity index (χ0) is 18.5. The van der Waals surface area contributed by atoms with Gasteiger partial charge in [-0.05, 0) is 67.9 Å². The molecule has 2 aromatic rings. The number of nitrogens with zero attached hydrogens (tertiary/aromatic N) is 2. The summed E-state index contributed by atoms with van der Waals surface area (Å²) in [6.45, 7) is 2.22. The number of carboxylic acids is 1. The van der Waals surface area contributed by atoms with Crippen molar-refractivity contribution >= 4 is 29.3 Å². The summed E-state index contributed by atoms with van der Waals surface area (Å²) in [6.07, 6.45) is 3.00. The molecule has 1 aliphatic rings. The molecule has 0 radical (unpaired) electrons. The zero-order valence-corrected chi connectivity index (χ0v) is 14.9. The highest BCUT2D eigenvalue weighted by Crippen LogP contribution is 2.20. The van der Waals surface area contributed by atoms with E-state index >= 15 is 0 Å². The molecule has 1 aromatic carbocycles. The van der Waals surface area contributed by atoms with Gasteiger partial charge in [0.15, 0.2) is 0 Å². The first-order valence-electron chi connectivity index (χ1n) is 8.48. The molecule has 0 saturated carbocycles. The summed E-state index contributed by atoms with van der Waals surface area (Å²) in [5, 5.41) is 12.4. The molecule has 136 valence electrons. The Morgan fingerprint density at radius 3 is 2.54 bits per heavy atom. The monoisotopic (exact) mass is 373 g/mol. The van der Waals surface area contributed by atoms with Crippen molar-refractivity contribution in [2.24, 2.45) is 5.92 Å². The van der Waals surface area contributed by atoms with Crippen LogP contribution in [0.3, 0.4) is 0 Å². The van der Waals surface area contributed by atoms with E-state index in [9.17, 15) is 9.59 Å². The van der Waals surface area contributed by atoms with Crippen LogP contribution in [0.5, 0.6) is 0 Å². The molecule has 1 aromatic heterocycles. The Balaban J connectivity index is 1.59. The van der Waals surface area contributed by atoms with E-state index in [1.165, 1.54) is 0 Å². The van der Waals surface area contributed by atoms with Gasteiger partial charge in [-0.15, -0.1) is 0 Å². The smallest absolute Gasteiger partial charge is 0.306 e. The molecule has 0 unspecified atom stereocenters. The molecule has 0 spiro atoms. The van der Waals surface area contributed by atoms with E-state index < -0.39 is 5.97 Å². The maximum atomic E-state index is 12.3. The minimum atomic E-state index is -0.708. The van der Waals surface area contributed by atoms with Gasteiger partial charge in [-0.1, -0.05) is 11.6 Å². The maximum Gasteiger partial charge on any atom is 0.306 e. The molecule has 1 fully saturated rings. The predicted molar refractivity (Wildman–Crippen MR) is 99.3 cm³/mol. The third-order valence-corrected chi connectivity index (χ3v) is 4.77. The number of piperidine rings is 1. The van der Waals surface area contributed by atoms with Crippen LogP contribution in [0.15, 0.2) is 42.6 Å². The van der Waals surface area contributed by atoms with Crippen LogP contribution in [0.4, 0.5) is 5.82 Å². The third kappa shape index (κ3) is 4.80. The van der Waals surface area contributed by atoms with Crippen LogP contribution in [0.2, 0.25) is 5.02 Å². The second kappa shape index (κ2) is 8.29. The van der Waals surface area contributed by atoms with Crippen LogP contribution >= 0.6 is 11.6 Å². The number of aliphatic carboxylic acids is 1. The fourth-order valence-corrected chi connectivity index (χ4v) is 3.15. The van der Waals surface area contributed by atoms with E-state index in [1.54, 1.807) is 30.5 Å². The minimum absolute atomic E-state index is 0.238. The number of aromatic nitrogens is 1. The Morgan fingerprint density at radius 1 is 1.19 bits per heavy atom. The average Bonchev–Trinajstić information content (AvgIpc) is 2.63. The fraction of sp³-hybridized carbons (Fsp3) is 0.316. The van der Waals surface area contributed by atoms with E-state index in [1.807, 2.05) is 12.1 Å². The molecule has 6 nitrogen and oxygen atoms in total. The molecule has 0 aliphatic carbocycles. The summed E-state index contributed by atoms with van der Waals surface area (Å²) in [6, 6.07) is 10.4. The SMILES string of the molecule is O=C(Nc1cc(CN2CCC(C(=O)O)CC2)ccn1)c1ccc(Cl)cc1. The van der Waals surface area contributed by atoms with Gasteiger partial charge in [-0.2, -0.15) is 0 Å². The van der Waals surface area contributed by atoms with Gasteiger partial charge in [0, 0.05) is 23.3 Å². The molecule has 7 heteroatoms. The molecule has 2 heterocycles. The molecule has 1 saturated heterocycles. The van der Waals surface area contributed by atoms with Crippen LogP contribution < -0.4 is 5.32 Å². The first-order chi connectivity index (χ1) is 12.5. The van der Waals surface area contributed by atoms with Crippen LogP contribution in [-0.4, -0.2) is 40.0 Å². The molecule has 3 rings (SSSR count). The van der Waals surface area contributed by atoms with Gasteiger partial charge in [-0.25, -0.2) is 4.98 Å². The lowest BCUT2D eigenvalue weighted by Crippen LogP contribution is -2.35. The summed E-state index contributed by atoms with van der Waals surface area (Å²) in [5.74, 6) is -0.699. The normalized spacial score (nSPS) is 15.6. The number of pyridine rings is 1. The first kappa shape index (κ1) is 18.4. The van der Waals surface area contributed by atoms with Gasteiger partial charge in [0.05, 0.1) is 5.92 Å². The summed E-state index contributed by atoms with van der Waals surface area (Å²) in [7, 11) is 0. The molecular formula is C19H20ClN3O3. The van der Waals surface area contributed by atoms with E-state index in [-0.39, 0.29) is 11.8 Å². The third-order valence-electron chi connectivity index (χ3n) is 4.52. The van der Waals surface area contributed by atoms with Gasteiger partial charge < -0.3 is 10.4 Å². The fourth-order valence-electron chi connectivity index (χ4n) is 3.03. The maximum absolute atomic E-state index is 12.3. The van der Waals surface area contributed by atoms with Crippen molar-refractivity contribution in [3.05, 3.63) is 58.7 Å². The summed E-state index contributed by atoms with van der Waals surface area (Å²) < 4.78 is 0. The summed E-state index contributed by atoms with van der Waals surface area (Å²) in [5.41, 5.74) is 1.54. The average molecular weight is 374 g/mol. The van der Waals surface area contributed by atoms with Crippen molar-refractivity contribution in [2.45, 2.75) is 19.4 Å². The van der Waals surface area contributed by atoms with Gasteiger partial charge in [0.1, 0.15) is 5.82 Å². The van der Waals surface area contributed by atoms with Gasteiger partial charge in [-0.3, -0.25) is 14.5 Å². The van der Waals surface area contributed by atoms with Gasteiger partial charge in [0.2, 0.25) is 0 Å². The summed E-state index contributed by atoms with van der Waals surface area (Å²) >= 11 is 5.83. The van der Waals surface area contributed by atoms with E-state index in [2.05, 4.69) is 15.2 Å². The number of anilines is 1. The molecule has 2 N–H and O–H groups in total. The molecule has 0 bridgehead atoms. The Kier molecular flexibility index (Phi) is 5.85. The number of likely N-dealkylation sites (tertiary alicyclic amines) is 1. The highest BCUT2D eigenvalue weighted by atomic mass is 35.5.